The molecule has 19 heavy (non-hydrogen) atoms. The number of carbonyl (C=O) groups is 2. The van der Waals surface area contributed by atoms with Gasteiger partial charge in [0.25, 0.3) is 0 Å². The van der Waals surface area contributed by atoms with Crippen molar-refractivity contribution in [1.82, 2.24) is 10.2 Å². The topological polar surface area (TPSA) is 69.6 Å². The summed E-state index contributed by atoms with van der Waals surface area (Å²) in [5.74, 6) is -0.581. The number of hydrogen-bond acceptors (Lipinski definition) is 3. The third kappa shape index (κ3) is 4.82. The smallest absolute Gasteiger partial charge is 0.317 e. The minimum atomic E-state index is -0.786. The molecule has 0 saturated heterocycles. The van der Waals surface area contributed by atoms with Crippen molar-refractivity contribution in [3.8, 4) is 0 Å². The number of hydrogen-bond donors (Lipinski definition) is 2. The molecule has 5 heteroatoms. The number of aliphatic carboxylic acids is 1. The van der Waals surface area contributed by atoms with Gasteiger partial charge in [0.05, 0.1) is 6.54 Å². The van der Waals surface area contributed by atoms with E-state index in [2.05, 4.69) is 12.2 Å². The Balaban J connectivity index is 2.29. The second-order valence-corrected chi connectivity index (χ2v) is 5.48. The molecule has 110 valence electrons. The molecular formula is C14H26N2O3. The first-order valence-corrected chi connectivity index (χ1v) is 7.24. The van der Waals surface area contributed by atoms with Crippen molar-refractivity contribution in [3.05, 3.63) is 0 Å². The van der Waals surface area contributed by atoms with Crippen LogP contribution in [0.3, 0.4) is 0 Å². The molecule has 0 aromatic carbocycles. The van der Waals surface area contributed by atoms with Crippen LogP contribution in [0.25, 0.3) is 0 Å². The van der Waals surface area contributed by atoms with Gasteiger partial charge < -0.3 is 10.4 Å². The number of amides is 1. The minimum absolute atomic E-state index is 0.0744. The Morgan fingerprint density at radius 1 is 1.37 bits per heavy atom. The normalized spacial score (nSPS) is 23.8. The fraction of sp³-hybridized carbons (Fsp3) is 0.857. The van der Waals surface area contributed by atoms with Crippen LogP contribution in [-0.2, 0) is 9.59 Å². The Labute approximate surface area is 115 Å². The molecule has 1 rings (SSSR count). The molecule has 1 amide bonds. The van der Waals surface area contributed by atoms with E-state index in [1.807, 2.05) is 18.7 Å². The molecule has 0 aromatic rings. The number of carbonyl (C=O) groups excluding carboxylic acids is 1. The summed E-state index contributed by atoms with van der Waals surface area (Å²) in [6.07, 6.45) is 3.67. The zero-order valence-electron chi connectivity index (χ0n) is 12.2. The molecule has 2 N–H and O–H groups in total. The van der Waals surface area contributed by atoms with Gasteiger partial charge in [-0.2, -0.15) is 0 Å². The van der Waals surface area contributed by atoms with Crippen molar-refractivity contribution >= 4 is 11.9 Å². The lowest BCUT2D eigenvalue weighted by Crippen LogP contribution is -2.55. The van der Waals surface area contributed by atoms with Crippen LogP contribution >= 0.6 is 0 Å². The average Bonchev–Trinajstić information content (AvgIpc) is 2.30. The predicted octanol–water partition coefficient (Wildman–Crippen LogP) is 1.48. The summed E-state index contributed by atoms with van der Waals surface area (Å²) in [4.78, 5) is 24.5. The van der Waals surface area contributed by atoms with Crippen LogP contribution in [0.1, 0.15) is 46.5 Å². The predicted molar refractivity (Wildman–Crippen MR) is 73.9 cm³/mol. The molecule has 1 aliphatic rings. The minimum Gasteiger partial charge on any atom is -0.480 e. The summed E-state index contributed by atoms with van der Waals surface area (Å²) in [7, 11) is 0. The van der Waals surface area contributed by atoms with Gasteiger partial charge in [0.1, 0.15) is 0 Å². The Kier molecular flexibility index (Phi) is 6.28. The summed E-state index contributed by atoms with van der Waals surface area (Å²) in [5, 5.41) is 11.9. The van der Waals surface area contributed by atoms with Crippen molar-refractivity contribution in [1.29, 1.82) is 0 Å². The molecule has 1 unspecified atom stereocenters. The van der Waals surface area contributed by atoms with E-state index >= 15 is 0 Å². The number of carboxylic acids is 1. The summed E-state index contributed by atoms with van der Waals surface area (Å²) in [6.45, 7) is 6.84. The van der Waals surface area contributed by atoms with Crippen LogP contribution in [0.5, 0.6) is 0 Å². The Bertz CT molecular complexity index is 314. The third-order valence-corrected chi connectivity index (χ3v) is 3.89. The monoisotopic (exact) mass is 270 g/mol. The van der Waals surface area contributed by atoms with E-state index in [-0.39, 0.29) is 24.4 Å². The van der Waals surface area contributed by atoms with E-state index in [0.717, 1.165) is 32.2 Å². The lowest BCUT2D eigenvalue weighted by molar-refractivity contribution is -0.140. The average molecular weight is 270 g/mol. The van der Waals surface area contributed by atoms with Crippen molar-refractivity contribution in [2.45, 2.75) is 58.5 Å². The molecule has 0 bridgehead atoms. The Morgan fingerprint density at radius 3 is 2.47 bits per heavy atom. The van der Waals surface area contributed by atoms with Crippen molar-refractivity contribution < 1.29 is 14.7 Å². The molecule has 1 fully saturated rings. The first-order chi connectivity index (χ1) is 8.97. The van der Waals surface area contributed by atoms with Crippen LogP contribution < -0.4 is 5.32 Å². The molecule has 0 aliphatic heterocycles. The van der Waals surface area contributed by atoms with Crippen LogP contribution in [0.4, 0.5) is 0 Å². The van der Waals surface area contributed by atoms with Crippen molar-refractivity contribution in [2.24, 2.45) is 5.92 Å². The number of nitrogens with zero attached hydrogens (tertiary/aromatic N) is 1. The maximum atomic E-state index is 11.8. The molecule has 1 saturated carbocycles. The van der Waals surface area contributed by atoms with Gasteiger partial charge in [0.15, 0.2) is 0 Å². The molecule has 0 radical (unpaired) electrons. The highest BCUT2D eigenvalue weighted by atomic mass is 16.4. The molecule has 1 atom stereocenters. The molecule has 0 heterocycles. The number of likely N-dealkylation sites (N-methyl/N-ethyl adjacent to an activating group) is 1. The van der Waals surface area contributed by atoms with Gasteiger partial charge in [-0.1, -0.05) is 27.2 Å². The van der Waals surface area contributed by atoms with Gasteiger partial charge in [0.2, 0.25) is 5.91 Å². The molecule has 1 aliphatic carbocycles. The number of rotatable bonds is 8. The van der Waals surface area contributed by atoms with E-state index in [9.17, 15) is 9.59 Å². The molecule has 0 aromatic heterocycles. The zero-order chi connectivity index (χ0) is 14.4. The second kappa shape index (κ2) is 7.48. The zero-order valence-corrected chi connectivity index (χ0v) is 12.2. The summed E-state index contributed by atoms with van der Waals surface area (Å²) in [6, 6.07) is 0.521. The van der Waals surface area contributed by atoms with E-state index in [1.165, 1.54) is 0 Å². The highest BCUT2D eigenvalue weighted by Gasteiger charge is 2.35. The second-order valence-electron chi connectivity index (χ2n) is 5.48. The Morgan fingerprint density at radius 2 is 2.00 bits per heavy atom. The quantitative estimate of drug-likeness (QED) is 0.701. The van der Waals surface area contributed by atoms with E-state index < -0.39 is 5.97 Å². The molecular weight excluding hydrogens is 244 g/mol. The number of carboxylic acid groups (broad SMARTS) is 1. The molecule has 0 spiro atoms. The maximum absolute atomic E-state index is 11.8. The van der Waals surface area contributed by atoms with Crippen molar-refractivity contribution in [2.75, 3.05) is 13.1 Å². The van der Waals surface area contributed by atoms with E-state index in [0.29, 0.717) is 6.04 Å². The highest BCUT2D eigenvalue weighted by Crippen LogP contribution is 2.26. The fourth-order valence-electron chi connectivity index (χ4n) is 2.58. The summed E-state index contributed by atoms with van der Waals surface area (Å²) >= 11 is 0. The standard InChI is InChI=1S/C14H26N2O3/c1-4-6-10(3)14(19)15-11-7-12(8-11)16(5-2)9-13(17)18/h10-12H,4-9H2,1-3H3,(H,15,19)(H,17,18). The van der Waals surface area contributed by atoms with Gasteiger partial charge in [0, 0.05) is 18.0 Å². The van der Waals surface area contributed by atoms with Gasteiger partial charge in [-0.15, -0.1) is 0 Å². The first-order valence-electron chi connectivity index (χ1n) is 7.24. The van der Waals surface area contributed by atoms with Crippen LogP contribution in [-0.4, -0.2) is 47.1 Å². The highest BCUT2D eigenvalue weighted by molar-refractivity contribution is 5.78. The largest absolute Gasteiger partial charge is 0.480 e. The van der Waals surface area contributed by atoms with E-state index in [4.69, 9.17) is 5.11 Å². The van der Waals surface area contributed by atoms with Gasteiger partial charge in [-0.05, 0) is 25.8 Å². The molecule has 5 nitrogen and oxygen atoms in total. The van der Waals surface area contributed by atoms with Gasteiger partial charge >= 0.3 is 5.97 Å². The lowest BCUT2D eigenvalue weighted by atomic mass is 9.85. The third-order valence-electron chi connectivity index (χ3n) is 3.89. The number of nitrogens with one attached hydrogen (secondary N) is 1. The maximum Gasteiger partial charge on any atom is 0.317 e. The first kappa shape index (κ1) is 16.0. The van der Waals surface area contributed by atoms with E-state index in [1.54, 1.807) is 0 Å². The Hall–Kier alpha value is -1.10. The fourth-order valence-corrected chi connectivity index (χ4v) is 2.58. The summed E-state index contributed by atoms with van der Waals surface area (Å²) < 4.78 is 0. The van der Waals surface area contributed by atoms with Crippen LogP contribution in [0, 0.1) is 5.92 Å². The van der Waals surface area contributed by atoms with Crippen LogP contribution in [0.2, 0.25) is 0 Å². The van der Waals surface area contributed by atoms with Gasteiger partial charge in [-0.25, -0.2) is 0 Å². The van der Waals surface area contributed by atoms with Crippen LogP contribution in [0.15, 0.2) is 0 Å². The van der Waals surface area contributed by atoms with Crippen molar-refractivity contribution in [3.63, 3.8) is 0 Å². The lowest BCUT2D eigenvalue weighted by Gasteiger charge is -2.42. The van der Waals surface area contributed by atoms with Gasteiger partial charge in [-0.3, -0.25) is 14.5 Å². The summed E-state index contributed by atoms with van der Waals surface area (Å²) in [5.41, 5.74) is 0. The SMILES string of the molecule is CCCC(C)C(=O)NC1CC(N(CC)CC(=O)O)C1.